The number of carbonyl (C=O) groups is 2. The van der Waals surface area contributed by atoms with Crippen LogP contribution in [-0.4, -0.2) is 16.8 Å². The smallest absolute Gasteiger partial charge is 0.258 e. The monoisotopic (exact) mass is 471 g/mol. The second-order valence-electron chi connectivity index (χ2n) is 7.97. The lowest BCUT2D eigenvalue weighted by Crippen LogP contribution is -2.30. The normalized spacial score (nSPS) is 10.6. The molecule has 0 bridgehead atoms. The number of carbonyl (C=O) groups excluding carboxylic acids is 2. The maximum atomic E-state index is 13.8. The molecule has 0 radical (unpaired) electrons. The third-order valence-corrected chi connectivity index (χ3v) is 5.35. The summed E-state index contributed by atoms with van der Waals surface area (Å²) < 4.78 is 27.5. The van der Waals surface area contributed by atoms with Crippen LogP contribution in [0.3, 0.4) is 0 Å². The van der Waals surface area contributed by atoms with Gasteiger partial charge < -0.3 is 10.2 Å². The Hall–Kier alpha value is -4.39. The van der Waals surface area contributed by atoms with E-state index in [1.54, 1.807) is 42.6 Å². The third kappa shape index (κ3) is 6.57. The van der Waals surface area contributed by atoms with Crippen molar-refractivity contribution in [1.29, 1.82) is 0 Å². The molecule has 1 aromatic heterocycles. The number of pyridine rings is 1. The zero-order valence-corrected chi connectivity index (χ0v) is 18.8. The minimum absolute atomic E-state index is 0.0943. The summed E-state index contributed by atoms with van der Waals surface area (Å²) in [5, 5.41) is 2.83. The number of anilines is 1. The van der Waals surface area contributed by atoms with Crippen molar-refractivity contribution in [2.45, 2.75) is 19.5 Å². The van der Waals surface area contributed by atoms with Gasteiger partial charge in [-0.25, -0.2) is 8.78 Å². The van der Waals surface area contributed by atoms with Crippen LogP contribution in [0, 0.1) is 11.6 Å². The summed E-state index contributed by atoms with van der Waals surface area (Å²) in [4.78, 5) is 31.2. The fourth-order valence-corrected chi connectivity index (χ4v) is 3.61. The molecule has 4 aromatic rings. The molecule has 0 aliphatic rings. The topological polar surface area (TPSA) is 62.3 Å². The summed E-state index contributed by atoms with van der Waals surface area (Å²) in [5.41, 5.74) is 2.84. The van der Waals surface area contributed by atoms with Crippen molar-refractivity contribution < 1.29 is 18.4 Å². The van der Waals surface area contributed by atoms with Crippen molar-refractivity contribution in [3.05, 3.63) is 131 Å². The van der Waals surface area contributed by atoms with E-state index in [1.807, 2.05) is 18.2 Å². The van der Waals surface area contributed by atoms with Gasteiger partial charge in [0, 0.05) is 17.4 Å². The van der Waals surface area contributed by atoms with Gasteiger partial charge in [0.25, 0.3) is 5.91 Å². The van der Waals surface area contributed by atoms with Gasteiger partial charge in [-0.3, -0.25) is 14.6 Å². The van der Waals surface area contributed by atoms with E-state index in [1.165, 1.54) is 41.3 Å². The number of nitrogens with one attached hydrogen (secondary N) is 1. The molecular weight excluding hydrogens is 448 g/mol. The Morgan fingerprint density at radius 2 is 1.54 bits per heavy atom. The number of hydrogen-bond donors (Lipinski definition) is 1. The van der Waals surface area contributed by atoms with Crippen molar-refractivity contribution in [1.82, 2.24) is 10.3 Å². The summed E-state index contributed by atoms with van der Waals surface area (Å²) >= 11 is 0. The molecule has 2 amide bonds. The maximum absolute atomic E-state index is 13.8. The van der Waals surface area contributed by atoms with Crippen molar-refractivity contribution in [3.63, 3.8) is 0 Å². The summed E-state index contributed by atoms with van der Waals surface area (Å²) in [5.74, 6) is -1.51. The highest BCUT2D eigenvalue weighted by atomic mass is 19.1. The Balaban J connectivity index is 1.50. The highest BCUT2D eigenvalue weighted by molar-refractivity contribution is 6.06. The highest BCUT2D eigenvalue weighted by Crippen LogP contribution is 2.22. The van der Waals surface area contributed by atoms with E-state index >= 15 is 0 Å². The quantitative estimate of drug-likeness (QED) is 0.391. The number of benzene rings is 3. The van der Waals surface area contributed by atoms with E-state index in [0.717, 1.165) is 11.3 Å². The number of nitrogens with zero attached hydrogens (tertiary/aromatic N) is 2. The van der Waals surface area contributed by atoms with Crippen LogP contribution in [0.15, 0.2) is 97.2 Å². The van der Waals surface area contributed by atoms with E-state index < -0.39 is 17.5 Å². The molecule has 0 fully saturated rings. The average Bonchev–Trinajstić information content (AvgIpc) is 2.87. The maximum Gasteiger partial charge on any atom is 0.258 e. The standard InChI is InChI=1S/C28H23F2N3O2/c29-23-7-3-5-21(15-23)19-33(28(35)22-6-4-8-24(30)17-22)26-12-10-20(11-13-26)16-27(34)32-18-25-9-1-2-14-31-25/h1-15,17H,16,18-19H2,(H,32,34). The van der Waals surface area contributed by atoms with Gasteiger partial charge in [0.15, 0.2) is 0 Å². The van der Waals surface area contributed by atoms with E-state index in [4.69, 9.17) is 0 Å². The Bertz CT molecular complexity index is 1310. The first-order valence-electron chi connectivity index (χ1n) is 11.1. The molecule has 176 valence electrons. The third-order valence-electron chi connectivity index (χ3n) is 5.35. The van der Waals surface area contributed by atoms with Gasteiger partial charge in [-0.2, -0.15) is 0 Å². The first kappa shape index (κ1) is 23.8. The fraction of sp³-hybridized carbons (Fsp3) is 0.107. The lowest BCUT2D eigenvalue weighted by atomic mass is 10.1. The van der Waals surface area contributed by atoms with Crippen LogP contribution < -0.4 is 10.2 Å². The molecule has 4 rings (SSSR count). The molecule has 0 aliphatic carbocycles. The van der Waals surface area contributed by atoms with Crippen molar-refractivity contribution >= 4 is 17.5 Å². The van der Waals surface area contributed by atoms with E-state index in [9.17, 15) is 18.4 Å². The van der Waals surface area contributed by atoms with Crippen LogP contribution in [0.1, 0.15) is 27.2 Å². The molecular formula is C28H23F2N3O2. The van der Waals surface area contributed by atoms with Gasteiger partial charge in [0.2, 0.25) is 5.91 Å². The van der Waals surface area contributed by atoms with Crippen LogP contribution in [0.25, 0.3) is 0 Å². The summed E-state index contributed by atoms with van der Waals surface area (Å²) in [6, 6.07) is 23.9. The molecule has 5 nitrogen and oxygen atoms in total. The average molecular weight is 472 g/mol. The second-order valence-corrected chi connectivity index (χ2v) is 7.97. The first-order chi connectivity index (χ1) is 17.0. The number of amides is 2. The highest BCUT2D eigenvalue weighted by Gasteiger charge is 2.19. The zero-order valence-electron chi connectivity index (χ0n) is 18.8. The van der Waals surface area contributed by atoms with Gasteiger partial charge in [0.1, 0.15) is 11.6 Å². The summed E-state index contributed by atoms with van der Waals surface area (Å²) in [6.07, 6.45) is 1.83. The Morgan fingerprint density at radius 3 is 2.23 bits per heavy atom. The Labute approximate surface area is 202 Å². The largest absolute Gasteiger partial charge is 0.350 e. The number of hydrogen-bond acceptors (Lipinski definition) is 3. The Morgan fingerprint density at radius 1 is 0.800 bits per heavy atom. The zero-order chi connectivity index (χ0) is 24.6. The van der Waals surface area contributed by atoms with Crippen LogP contribution in [0.5, 0.6) is 0 Å². The van der Waals surface area contributed by atoms with Crippen molar-refractivity contribution in [2.24, 2.45) is 0 Å². The fourth-order valence-electron chi connectivity index (χ4n) is 3.61. The predicted octanol–water partition coefficient (Wildman–Crippen LogP) is 5.07. The first-order valence-corrected chi connectivity index (χ1v) is 11.1. The van der Waals surface area contributed by atoms with Crippen LogP contribution >= 0.6 is 0 Å². The molecule has 7 heteroatoms. The van der Waals surface area contributed by atoms with Crippen LogP contribution in [0.2, 0.25) is 0 Å². The lowest BCUT2D eigenvalue weighted by Gasteiger charge is -2.23. The minimum atomic E-state index is -0.520. The van der Waals surface area contributed by atoms with Gasteiger partial charge in [0.05, 0.1) is 25.2 Å². The second kappa shape index (κ2) is 11.2. The van der Waals surface area contributed by atoms with Crippen molar-refractivity contribution in [3.8, 4) is 0 Å². The van der Waals surface area contributed by atoms with Gasteiger partial charge in [-0.15, -0.1) is 0 Å². The molecule has 1 heterocycles. The van der Waals surface area contributed by atoms with E-state index in [0.29, 0.717) is 17.8 Å². The number of halogens is 2. The Kier molecular flexibility index (Phi) is 7.57. The van der Waals surface area contributed by atoms with E-state index in [2.05, 4.69) is 10.3 Å². The van der Waals surface area contributed by atoms with Gasteiger partial charge >= 0.3 is 0 Å². The number of aromatic nitrogens is 1. The predicted molar refractivity (Wildman–Crippen MR) is 130 cm³/mol. The van der Waals surface area contributed by atoms with Gasteiger partial charge in [-0.05, 0) is 65.7 Å². The van der Waals surface area contributed by atoms with Crippen LogP contribution in [-0.2, 0) is 24.3 Å². The molecule has 35 heavy (non-hydrogen) atoms. The minimum Gasteiger partial charge on any atom is -0.350 e. The number of rotatable bonds is 8. The SMILES string of the molecule is O=C(Cc1ccc(N(Cc2cccc(F)c2)C(=O)c2cccc(F)c2)cc1)NCc1ccccn1. The molecule has 0 saturated heterocycles. The molecule has 0 atom stereocenters. The lowest BCUT2D eigenvalue weighted by molar-refractivity contribution is -0.120. The molecule has 1 N–H and O–H groups in total. The summed E-state index contributed by atoms with van der Waals surface area (Å²) in [7, 11) is 0. The molecule has 0 spiro atoms. The summed E-state index contributed by atoms with van der Waals surface area (Å²) in [6.45, 7) is 0.429. The van der Waals surface area contributed by atoms with Gasteiger partial charge in [-0.1, -0.05) is 36.4 Å². The molecule has 0 unspecified atom stereocenters. The molecule has 3 aromatic carbocycles. The van der Waals surface area contributed by atoms with Crippen LogP contribution in [0.4, 0.5) is 14.5 Å². The van der Waals surface area contributed by atoms with Crippen molar-refractivity contribution in [2.75, 3.05) is 4.90 Å². The molecule has 0 saturated carbocycles. The van der Waals surface area contributed by atoms with E-state index in [-0.39, 0.29) is 24.4 Å². The molecule has 0 aliphatic heterocycles.